The van der Waals surface area contributed by atoms with Crippen LogP contribution in [0.3, 0.4) is 0 Å². The highest BCUT2D eigenvalue weighted by Crippen LogP contribution is 2.18. The topological polar surface area (TPSA) is 142 Å². The number of carbonyl (C=O) groups excluding carboxylic acids is 3. The highest BCUT2D eigenvalue weighted by atomic mass is 32.2. The van der Waals surface area contributed by atoms with Crippen molar-refractivity contribution in [1.82, 2.24) is 15.5 Å². The third-order valence-corrected chi connectivity index (χ3v) is 6.00. The number of nitrogens with two attached hydrogens (primary N) is 1. The first-order valence-electron chi connectivity index (χ1n) is 10.0. The van der Waals surface area contributed by atoms with Gasteiger partial charge in [-0.15, -0.1) is 0 Å². The van der Waals surface area contributed by atoms with E-state index < -0.39 is 47.9 Å². The summed E-state index contributed by atoms with van der Waals surface area (Å²) in [6.45, 7) is 5.69. The second-order valence-electron chi connectivity index (χ2n) is 7.51. The van der Waals surface area contributed by atoms with E-state index in [1.807, 2.05) is 20.1 Å². The Morgan fingerprint density at radius 2 is 1.86 bits per heavy atom. The molecule has 5 unspecified atom stereocenters. The number of carboxylic acids is 1. The fourth-order valence-electron chi connectivity index (χ4n) is 3.20. The molecule has 0 aliphatic carbocycles. The summed E-state index contributed by atoms with van der Waals surface area (Å²) in [4.78, 5) is 50.4. The normalized spacial score (nSPS) is 20.4. The van der Waals surface area contributed by atoms with Gasteiger partial charge in [-0.3, -0.25) is 14.4 Å². The van der Waals surface area contributed by atoms with Crippen molar-refractivity contribution in [3.63, 3.8) is 0 Å². The molecular weight excluding hydrogens is 396 g/mol. The van der Waals surface area contributed by atoms with Gasteiger partial charge in [-0.05, 0) is 44.1 Å². The number of thioether (sulfide) groups is 1. The van der Waals surface area contributed by atoms with Crippen LogP contribution in [0.1, 0.15) is 46.5 Å². The lowest BCUT2D eigenvalue weighted by Crippen LogP contribution is -2.57. The molecule has 5 atom stereocenters. The van der Waals surface area contributed by atoms with Crippen LogP contribution in [-0.2, 0) is 19.2 Å². The number of aliphatic carboxylic acids is 1. The number of carbonyl (C=O) groups is 4. The van der Waals surface area contributed by atoms with Crippen molar-refractivity contribution in [1.29, 1.82) is 0 Å². The number of nitrogens with zero attached hydrogens (tertiary/aromatic N) is 1. The second kappa shape index (κ2) is 12.0. The van der Waals surface area contributed by atoms with E-state index in [2.05, 4.69) is 10.6 Å². The molecule has 3 amide bonds. The molecule has 0 aromatic heterocycles. The van der Waals surface area contributed by atoms with Gasteiger partial charge in [-0.25, -0.2) is 4.79 Å². The molecule has 29 heavy (non-hydrogen) atoms. The van der Waals surface area contributed by atoms with Gasteiger partial charge >= 0.3 is 5.97 Å². The van der Waals surface area contributed by atoms with Crippen LogP contribution in [-0.4, -0.2) is 76.4 Å². The number of amides is 3. The summed E-state index contributed by atoms with van der Waals surface area (Å²) in [5, 5.41) is 14.6. The lowest BCUT2D eigenvalue weighted by molar-refractivity contribution is -0.149. The van der Waals surface area contributed by atoms with Gasteiger partial charge in [-0.1, -0.05) is 20.3 Å². The Labute approximate surface area is 176 Å². The molecule has 0 aromatic rings. The molecule has 1 aliphatic heterocycles. The standard InChI is InChI=1S/C19H34N4O5S/c1-5-11(2)15(20)17(25)22-13(8-10-29-4)16(24)21-12(3)18(26)23-9-6-7-14(23)19(27)28/h11-15H,5-10,20H2,1-4H3,(H,21,24)(H,22,25)(H,27,28). The van der Waals surface area contributed by atoms with Crippen molar-refractivity contribution in [3.05, 3.63) is 0 Å². The van der Waals surface area contributed by atoms with Crippen molar-refractivity contribution in [2.75, 3.05) is 18.6 Å². The first-order chi connectivity index (χ1) is 13.6. The maximum absolute atomic E-state index is 12.7. The van der Waals surface area contributed by atoms with Gasteiger partial charge < -0.3 is 26.4 Å². The zero-order valence-corrected chi connectivity index (χ0v) is 18.5. The molecule has 0 spiro atoms. The van der Waals surface area contributed by atoms with Gasteiger partial charge in [0.2, 0.25) is 17.7 Å². The van der Waals surface area contributed by atoms with E-state index in [-0.39, 0.29) is 5.92 Å². The summed E-state index contributed by atoms with van der Waals surface area (Å²) in [6.07, 6.45) is 4.05. The average Bonchev–Trinajstić information content (AvgIpc) is 3.18. The Kier molecular flexibility index (Phi) is 10.5. The lowest BCUT2D eigenvalue weighted by atomic mass is 9.99. The Morgan fingerprint density at radius 1 is 1.21 bits per heavy atom. The molecule has 0 aromatic carbocycles. The summed E-state index contributed by atoms with van der Waals surface area (Å²) >= 11 is 1.54. The van der Waals surface area contributed by atoms with Crippen LogP contribution in [0, 0.1) is 5.92 Å². The summed E-state index contributed by atoms with van der Waals surface area (Å²) in [6, 6.07) is -3.28. The van der Waals surface area contributed by atoms with Crippen LogP contribution in [0.4, 0.5) is 0 Å². The van der Waals surface area contributed by atoms with E-state index in [1.54, 1.807) is 0 Å². The van der Waals surface area contributed by atoms with Crippen LogP contribution < -0.4 is 16.4 Å². The van der Waals surface area contributed by atoms with E-state index in [9.17, 15) is 24.3 Å². The summed E-state index contributed by atoms with van der Waals surface area (Å²) in [7, 11) is 0. The first kappa shape index (κ1) is 25.2. The Morgan fingerprint density at radius 3 is 2.41 bits per heavy atom. The predicted octanol–water partition coefficient (Wildman–Crippen LogP) is 0.178. The van der Waals surface area contributed by atoms with E-state index in [1.165, 1.54) is 23.6 Å². The number of nitrogens with one attached hydrogen (secondary N) is 2. The van der Waals surface area contributed by atoms with Crippen molar-refractivity contribution in [2.45, 2.75) is 70.6 Å². The van der Waals surface area contributed by atoms with Gasteiger partial charge in [0.05, 0.1) is 6.04 Å². The molecule has 5 N–H and O–H groups in total. The molecule has 1 fully saturated rings. The second-order valence-corrected chi connectivity index (χ2v) is 8.50. The zero-order chi connectivity index (χ0) is 22.1. The SMILES string of the molecule is CCC(C)C(N)C(=O)NC(CCSC)C(=O)NC(C)C(=O)N1CCCC1C(=O)O. The van der Waals surface area contributed by atoms with Crippen LogP contribution in [0.15, 0.2) is 0 Å². The summed E-state index contributed by atoms with van der Waals surface area (Å²) < 4.78 is 0. The minimum absolute atomic E-state index is 0.0251. The van der Waals surface area contributed by atoms with Crippen LogP contribution in [0.2, 0.25) is 0 Å². The van der Waals surface area contributed by atoms with Crippen LogP contribution >= 0.6 is 11.8 Å². The fourth-order valence-corrected chi connectivity index (χ4v) is 3.67. The van der Waals surface area contributed by atoms with Gasteiger partial charge in [-0.2, -0.15) is 11.8 Å². The number of carboxylic acid groups (broad SMARTS) is 1. The number of rotatable bonds is 11. The van der Waals surface area contributed by atoms with E-state index in [0.29, 0.717) is 31.6 Å². The molecule has 1 heterocycles. The smallest absolute Gasteiger partial charge is 0.326 e. The monoisotopic (exact) mass is 430 g/mol. The summed E-state index contributed by atoms with van der Waals surface area (Å²) in [5.41, 5.74) is 5.96. The first-order valence-corrected chi connectivity index (χ1v) is 11.4. The third kappa shape index (κ3) is 7.18. The lowest BCUT2D eigenvalue weighted by Gasteiger charge is -2.27. The molecule has 9 nitrogen and oxygen atoms in total. The van der Waals surface area contributed by atoms with E-state index in [0.717, 1.165) is 6.42 Å². The van der Waals surface area contributed by atoms with Crippen molar-refractivity contribution in [3.8, 4) is 0 Å². The maximum Gasteiger partial charge on any atom is 0.326 e. The molecule has 0 saturated carbocycles. The highest BCUT2D eigenvalue weighted by Gasteiger charge is 2.37. The predicted molar refractivity (Wildman–Crippen MR) is 112 cm³/mol. The maximum atomic E-state index is 12.7. The molecule has 10 heteroatoms. The van der Waals surface area contributed by atoms with E-state index in [4.69, 9.17) is 5.73 Å². The molecular formula is C19H34N4O5S. The largest absolute Gasteiger partial charge is 0.480 e. The zero-order valence-electron chi connectivity index (χ0n) is 17.6. The third-order valence-electron chi connectivity index (χ3n) is 5.35. The van der Waals surface area contributed by atoms with Crippen LogP contribution in [0.5, 0.6) is 0 Å². The highest BCUT2D eigenvalue weighted by molar-refractivity contribution is 7.98. The Balaban J connectivity index is 2.77. The molecule has 0 bridgehead atoms. The van der Waals surface area contributed by atoms with Gasteiger partial charge in [0.15, 0.2) is 0 Å². The fraction of sp³-hybridized carbons (Fsp3) is 0.789. The Hall–Kier alpha value is -1.81. The van der Waals surface area contributed by atoms with Crippen LogP contribution in [0.25, 0.3) is 0 Å². The van der Waals surface area contributed by atoms with Crippen molar-refractivity contribution >= 4 is 35.5 Å². The molecule has 1 rings (SSSR count). The number of hydrogen-bond acceptors (Lipinski definition) is 6. The van der Waals surface area contributed by atoms with Gasteiger partial charge in [0.1, 0.15) is 18.1 Å². The van der Waals surface area contributed by atoms with Crippen molar-refractivity contribution < 1.29 is 24.3 Å². The average molecular weight is 431 g/mol. The molecule has 166 valence electrons. The minimum Gasteiger partial charge on any atom is -0.480 e. The number of likely N-dealkylation sites (tertiary alicyclic amines) is 1. The minimum atomic E-state index is -1.04. The van der Waals surface area contributed by atoms with Crippen molar-refractivity contribution in [2.24, 2.45) is 11.7 Å². The summed E-state index contributed by atoms with van der Waals surface area (Å²) in [5.74, 6) is -1.73. The number of hydrogen-bond donors (Lipinski definition) is 4. The quantitative estimate of drug-likeness (QED) is 0.366. The molecule has 1 aliphatic rings. The van der Waals surface area contributed by atoms with E-state index >= 15 is 0 Å². The molecule has 0 radical (unpaired) electrons. The molecule has 1 saturated heterocycles. The van der Waals surface area contributed by atoms with Gasteiger partial charge in [0.25, 0.3) is 0 Å². The van der Waals surface area contributed by atoms with Gasteiger partial charge in [0, 0.05) is 6.54 Å². The Bertz CT molecular complexity index is 603.